The number of benzene rings is 2. The number of H-pyrrole nitrogens is 1. The van der Waals surface area contributed by atoms with Crippen molar-refractivity contribution < 1.29 is 4.74 Å². The summed E-state index contributed by atoms with van der Waals surface area (Å²) in [5, 5.41) is 5.02. The van der Waals surface area contributed by atoms with Crippen LogP contribution in [0.4, 0.5) is 5.69 Å². The molecule has 188 valence electrons. The van der Waals surface area contributed by atoms with E-state index < -0.39 is 0 Å². The van der Waals surface area contributed by atoms with Crippen molar-refractivity contribution in [1.29, 1.82) is 0 Å². The lowest BCUT2D eigenvalue weighted by Gasteiger charge is -2.27. The standard InChI is InChI=1S/C28H38N4O2S/c1-6-31(7-2)14-9-15-32(28(35)29-23-10-12-24(13-11-23)34-8-3)19-22-18-25-21(5)16-20(4)17-26(25)30-27(22)33/h10-13,16-18H,6-9,14-15,19H2,1-5H3,(H,29,35)(H,30,33). The molecule has 6 nitrogen and oxygen atoms in total. The Bertz CT molecular complexity index is 1190. The highest BCUT2D eigenvalue weighted by molar-refractivity contribution is 7.80. The van der Waals surface area contributed by atoms with Crippen LogP contribution in [0.5, 0.6) is 5.75 Å². The lowest BCUT2D eigenvalue weighted by Crippen LogP contribution is -2.38. The number of hydrogen-bond acceptors (Lipinski definition) is 4. The molecule has 0 aliphatic carbocycles. The van der Waals surface area contributed by atoms with Gasteiger partial charge in [0.1, 0.15) is 5.75 Å². The summed E-state index contributed by atoms with van der Waals surface area (Å²) in [5.41, 5.74) is 4.70. The first-order valence-corrected chi connectivity index (χ1v) is 12.9. The van der Waals surface area contributed by atoms with Gasteiger partial charge in [0.15, 0.2) is 5.11 Å². The van der Waals surface area contributed by atoms with Gasteiger partial charge in [-0.3, -0.25) is 4.79 Å². The minimum atomic E-state index is -0.0693. The Hall–Kier alpha value is -2.90. The van der Waals surface area contributed by atoms with Crippen molar-refractivity contribution >= 4 is 33.9 Å². The highest BCUT2D eigenvalue weighted by atomic mass is 32.1. The Morgan fingerprint density at radius 1 is 1.03 bits per heavy atom. The van der Waals surface area contributed by atoms with Gasteiger partial charge in [-0.25, -0.2) is 0 Å². The maximum Gasteiger partial charge on any atom is 0.253 e. The Kier molecular flexibility index (Phi) is 9.69. The molecule has 0 aliphatic rings. The molecule has 0 saturated carbocycles. The van der Waals surface area contributed by atoms with Crippen molar-refractivity contribution in [2.75, 3.05) is 38.1 Å². The molecule has 1 aromatic heterocycles. The number of fused-ring (bicyclic) bond motifs is 1. The molecule has 0 atom stereocenters. The van der Waals surface area contributed by atoms with E-state index in [1.165, 1.54) is 0 Å². The second-order valence-corrected chi connectivity index (χ2v) is 9.24. The van der Waals surface area contributed by atoms with Crippen molar-refractivity contribution in [3.05, 3.63) is 69.5 Å². The molecule has 1 heterocycles. The third-order valence-corrected chi connectivity index (χ3v) is 6.61. The molecule has 35 heavy (non-hydrogen) atoms. The van der Waals surface area contributed by atoms with Gasteiger partial charge in [0.2, 0.25) is 0 Å². The smallest absolute Gasteiger partial charge is 0.253 e. The number of aromatic nitrogens is 1. The third-order valence-electron chi connectivity index (χ3n) is 6.25. The molecule has 0 radical (unpaired) electrons. The largest absolute Gasteiger partial charge is 0.494 e. The number of aryl methyl sites for hydroxylation is 2. The average molecular weight is 495 g/mol. The SMILES string of the molecule is CCOc1ccc(NC(=S)N(CCCN(CC)CC)Cc2cc3c(C)cc(C)cc3[nH]c2=O)cc1. The highest BCUT2D eigenvalue weighted by Crippen LogP contribution is 2.20. The highest BCUT2D eigenvalue weighted by Gasteiger charge is 2.15. The van der Waals surface area contributed by atoms with Crippen LogP contribution in [0.15, 0.2) is 47.3 Å². The Labute approximate surface area is 214 Å². The lowest BCUT2D eigenvalue weighted by atomic mass is 10.0. The minimum Gasteiger partial charge on any atom is -0.494 e. The molecule has 0 unspecified atom stereocenters. The molecule has 3 rings (SSSR count). The van der Waals surface area contributed by atoms with Crippen LogP contribution in [0.2, 0.25) is 0 Å². The zero-order chi connectivity index (χ0) is 25.4. The summed E-state index contributed by atoms with van der Waals surface area (Å²) in [6.45, 7) is 15.3. The van der Waals surface area contributed by atoms with E-state index in [0.717, 1.165) is 66.1 Å². The summed E-state index contributed by atoms with van der Waals surface area (Å²) in [6.07, 6.45) is 0.955. The lowest BCUT2D eigenvalue weighted by molar-refractivity contribution is 0.281. The van der Waals surface area contributed by atoms with E-state index in [0.29, 0.717) is 23.8 Å². The fourth-order valence-electron chi connectivity index (χ4n) is 4.32. The van der Waals surface area contributed by atoms with Crippen LogP contribution in [0.1, 0.15) is 43.9 Å². The number of aromatic amines is 1. The van der Waals surface area contributed by atoms with Gasteiger partial charge in [-0.15, -0.1) is 0 Å². The maximum atomic E-state index is 13.0. The van der Waals surface area contributed by atoms with Crippen molar-refractivity contribution in [3.63, 3.8) is 0 Å². The second kappa shape index (κ2) is 12.7. The fraction of sp³-hybridized carbons (Fsp3) is 0.429. The van der Waals surface area contributed by atoms with Crippen molar-refractivity contribution in [3.8, 4) is 5.75 Å². The molecular weight excluding hydrogens is 456 g/mol. The first kappa shape index (κ1) is 26.7. The van der Waals surface area contributed by atoms with E-state index in [2.05, 4.69) is 46.9 Å². The van der Waals surface area contributed by atoms with Crippen LogP contribution in [0.25, 0.3) is 10.9 Å². The molecule has 2 aromatic carbocycles. The Balaban J connectivity index is 1.82. The number of thiocarbonyl (C=S) groups is 1. The summed E-state index contributed by atoms with van der Waals surface area (Å²) >= 11 is 5.82. The molecule has 7 heteroatoms. The van der Waals surface area contributed by atoms with E-state index in [9.17, 15) is 4.79 Å². The van der Waals surface area contributed by atoms with Gasteiger partial charge in [-0.1, -0.05) is 19.9 Å². The number of rotatable bonds is 11. The third kappa shape index (κ3) is 7.29. The summed E-state index contributed by atoms with van der Waals surface area (Å²) in [5.74, 6) is 0.827. The Morgan fingerprint density at radius 3 is 2.40 bits per heavy atom. The van der Waals surface area contributed by atoms with Crippen LogP contribution >= 0.6 is 12.2 Å². The number of anilines is 1. The molecule has 0 fully saturated rings. The van der Waals surface area contributed by atoms with Crippen LogP contribution in [-0.2, 0) is 6.54 Å². The maximum absolute atomic E-state index is 13.0. The average Bonchev–Trinajstić information content (AvgIpc) is 2.83. The second-order valence-electron chi connectivity index (χ2n) is 8.86. The van der Waals surface area contributed by atoms with Gasteiger partial charge in [-0.2, -0.15) is 0 Å². The van der Waals surface area contributed by atoms with Gasteiger partial charge >= 0.3 is 0 Å². The predicted octanol–water partition coefficient (Wildman–Crippen LogP) is 5.47. The quantitative estimate of drug-likeness (QED) is 0.345. The molecule has 0 aliphatic heterocycles. The fourth-order valence-corrected chi connectivity index (χ4v) is 4.59. The first-order valence-electron chi connectivity index (χ1n) is 12.5. The van der Waals surface area contributed by atoms with Crippen LogP contribution in [0.3, 0.4) is 0 Å². The number of nitrogens with zero attached hydrogens (tertiary/aromatic N) is 2. The van der Waals surface area contributed by atoms with Gasteiger partial charge in [0.05, 0.1) is 13.2 Å². The first-order chi connectivity index (χ1) is 16.8. The number of nitrogens with one attached hydrogen (secondary N) is 2. The van der Waals surface area contributed by atoms with Crippen LogP contribution in [0, 0.1) is 13.8 Å². The minimum absolute atomic E-state index is 0.0693. The van der Waals surface area contributed by atoms with Gasteiger partial charge in [0, 0.05) is 28.7 Å². The molecule has 0 amide bonds. The summed E-state index contributed by atoms with van der Waals surface area (Å²) in [6, 6.07) is 14.0. The van der Waals surface area contributed by atoms with Crippen molar-refractivity contribution in [2.45, 2.75) is 47.6 Å². The normalized spacial score (nSPS) is 11.1. The number of ether oxygens (including phenoxy) is 1. The molecule has 0 bridgehead atoms. The van der Waals surface area contributed by atoms with E-state index in [4.69, 9.17) is 17.0 Å². The van der Waals surface area contributed by atoms with Gasteiger partial charge in [-0.05, 0) is 107 Å². The van der Waals surface area contributed by atoms with E-state index in [1.54, 1.807) is 0 Å². The Morgan fingerprint density at radius 2 is 1.74 bits per heavy atom. The summed E-state index contributed by atoms with van der Waals surface area (Å²) in [7, 11) is 0. The zero-order valence-electron chi connectivity index (χ0n) is 21.6. The molecule has 2 N–H and O–H groups in total. The van der Waals surface area contributed by atoms with Crippen LogP contribution in [-0.4, -0.2) is 52.7 Å². The van der Waals surface area contributed by atoms with Gasteiger partial charge < -0.3 is 24.8 Å². The number of hydrogen-bond donors (Lipinski definition) is 2. The molecular formula is C28H38N4O2S. The van der Waals surface area contributed by atoms with Gasteiger partial charge in [0.25, 0.3) is 5.56 Å². The van der Waals surface area contributed by atoms with Crippen LogP contribution < -0.4 is 15.6 Å². The topological polar surface area (TPSA) is 60.6 Å². The zero-order valence-corrected chi connectivity index (χ0v) is 22.4. The molecule has 0 spiro atoms. The van der Waals surface area contributed by atoms with Crippen molar-refractivity contribution in [1.82, 2.24) is 14.8 Å². The molecule has 0 saturated heterocycles. The molecule has 3 aromatic rings. The van der Waals surface area contributed by atoms with E-state index in [1.807, 2.05) is 50.2 Å². The summed E-state index contributed by atoms with van der Waals surface area (Å²) < 4.78 is 5.54. The van der Waals surface area contributed by atoms with E-state index in [-0.39, 0.29) is 5.56 Å². The van der Waals surface area contributed by atoms with E-state index >= 15 is 0 Å². The summed E-state index contributed by atoms with van der Waals surface area (Å²) in [4.78, 5) is 20.5. The predicted molar refractivity (Wildman–Crippen MR) is 151 cm³/mol. The van der Waals surface area contributed by atoms with Crippen molar-refractivity contribution in [2.24, 2.45) is 0 Å². The monoisotopic (exact) mass is 494 g/mol. The number of pyridine rings is 1.